The Morgan fingerprint density at radius 2 is 1.47 bits per heavy atom. The van der Waals surface area contributed by atoms with Crippen molar-refractivity contribution in [3.8, 4) is 0 Å². The fourth-order valence-corrected chi connectivity index (χ4v) is 2.00. The van der Waals surface area contributed by atoms with Gasteiger partial charge in [-0.2, -0.15) is 0 Å². The first-order chi connectivity index (χ1) is 8.24. The number of hydrogen-bond acceptors (Lipinski definition) is 3. The van der Waals surface area contributed by atoms with Gasteiger partial charge in [-0.05, 0) is 12.8 Å². The average molecular weight is 245 g/mol. The van der Waals surface area contributed by atoms with Crippen molar-refractivity contribution < 1.29 is 10.2 Å². The van der Waals surface area contributed by atoms with E-state index in [0.717, 1.165) is 0 Å². The molecule has 0 amide bonds. The van der Waals surface area contributed by atoms with Crippen LogP contribution < -0.4 is 5.32 Å². The van der Waals surface area contributed by atoms with Crippen LogP contribution in [0.25, 0.3) is 0 Å². The van der Waals surface area contributed by atoms with Gasteiger partial charge in [-0.1, -0.05) is 52.4 Å². The van der Waals surface area contributed by atoms with Crippen LogP contribution in [0.5, 0.6) is 0 Å². The monoisotopic (exact) mass is 245 g/mol. The average Bonchev–Trinajstić information content (AvgIpc) is 2.35. The number of rotatable bonds is 12. The Kier molecular flexibility index (Phi) is 12.3. The third-order valence-electron chi connectivity index (χ3n) is 3.17. The second-order valence-corrected chi connectivity index (χ2v) is 4.93. The Balaban J connectivity index is 3.75. The molecule has 0 saturated heterocycles. The number of aliphatic hydroxyl groups excluding tert-OH is 2. The highest BCUT2D eigenvalue weighted by atomic mass is 16.3. The van der Waals surface area contributed by atoms with Crippen molar-refractivity contribution in [3.63, 3.8) is 0 Å². The van der Waals surface area contributed by atoms with E-state index < -0.39 is 6.10 Å². The Bertz CT molecular complexity index is 143. The lowest BCUT2D eigenvalue weighted by molar-refractivity contribution is 0.0910. The highest BCUT2D eigenvalue weighted by molar-refractivity contribution is 4.69. The molecule has 0 spiro atoms. The summed E-state index contributed by atoms with van der Waals surface area (Å²) in [5.41, 5.74) is 0. The van der Waals surface area contributed by atoms with Crippen LogP contribution >= 0.6 is 0 Å². The molecule has 0 bridgehead atoms. The molecular formula is C14H31NO2. The fraction of sp³-hybridized carbons (Fsp3) is 1.00. The Labute approximate surface area is 107 Å². The molecule has 0 aromatic rings. The van der Waals surface area contributed by atoms with Crippen molar-refractivity contribution in [1.82, 2.24) is 5.32 Å². The molecule has 0 aliphatic carbocycles. The van der Waals surface area contributed by atoms with E-state index in [1.165, 1.54) is 51.4 Å². The van der Waals surface area contributed by atoms with Gasteiger partial charge < -0.3 is 15.5 Å². The Morgan fingerprint density at radius 1 is 0.941 bits per heavy atom. The summed E-state index contributed by atoms with van der Waals surface area (Å²) in [6, 6.07) is 0.509. The lowest BCUT2D eigenvalue weighted by Crippen LogP contribution is -2.37. The summed E-state index contributed by atoms with van der Waals surface area (Å²) in [5, 5.41) is 21.5. The second kappa shape index (κ2) is 12.3. The molecule has 3 nitrogen and oxygen atoms in total. The molecule has 1 atom stereocenters. The molecule has 1 unspecified atom stereocenters. The van der Waals surface area contributed by atoms with E-state index in [4.69, 9.17) is 5.11 Å². The molecule has 0 aliphatic rings. The number of nitrogens with one attached hydrogen (secondary N) is 1. The van der Waals surface area contributed by atoms with E-state index in [9.17, 15) is 5.11 Å². The topological polar surface area (TPSA) is 52.5 Å². The smallest absolute Gasteiger partial charge is 0.0895 e. The largest absolute Gasteiger partial charge is 0.394 e. The zero-order valence-corrected chi connectivity index (χ0v) is 11.6. The number of hydrogen-bond donors (Lipinski definition) is 3. The molecule has 0 radical (unpaired) electrons. The predicted octanol–water partition coefficient (Wildman–Crippen LogP) is 2.46. The van der Waals surface area contributed by atoms with Crippen LogP contribution in [0.1, 0.15) is 65.2 Å². The molecule has 0 aromatic carbocycles. The minimum atomic E-state index is -0.616. The molecule has 3 N–H and O–H groups in total. The maximum Gasteiger partial charge on any atom is 0.0895 e. The van der Waals surface area contributed by atoms with E-state index >= 15 is 0 Å². The standard InChI is InChI=1S/C14H31NO2/c1-3-5-7-9-13(10-8-6-4-2)15-11-14(17)12-16/h13-17H,3-12H2,1-2H3. The SMILES string of the molecule is CCCCCC(CCCCC)NCC(O)CO. The van der Waals surface area contributed by atoms with E-state index in [0.29, 0.717) is 12.6 Å². The van der Waals surface area contributed by atoms with Gasteiger partial charge in [0.05, 0.1) is 12.7 Å². The van der Waals surface area contributed by atoms with E-state index in [2.05, 4.69) is 19.2 Å². The molecule has 104 valence electrons. The first-order valence-corrected chi connectivity index (χ1v) is 7.26. The van der Waals surface area contributed by atoms with Crippen LogP contribution in [0.3, 0.4) is 0 Å². The van der Waals surface area contributed by atoms with Crippen molar-refractivity contribution in [2.24, 2.45) is 0 Å². The summed E-state index contributed by atoms with van der Waals surface area (Å²) in [7, 11) is 0. The molecular weight excluding hydrogens is 214 g/mol. The van der Waals surface area contributed by atoms with Crippen molar-refractivity contribution in [2.75, 3.05) is 13.2 Å². The third-order valence-corrected chi connectivity index (χ3v) is 3.17. The molecule has 0 rings (SSSR count). The van der Waals surface area contributed by atoms with Gasteiger partial charge in [0, 0.05) is 12.6 Å². The first kappa shape index (κ1) is 16.9. The van der Waals surface area contributed by atoms with Crippen molar-refractivity contribution >= 4 is 0 Å². The van der Waals surface area contributed by atoms with Crippen LogP contribution in [0.2, 0.25) is 0 Å². The molecule has 17 heavy (non-hydrogen) atoms. The summed E-state index contributed by atoms with van der Waals surface area (Å²) in [6.07, 6.45) is 9.36. The normalized spacial score (nSPS) is 13.2. The lowest BCUT2D eigenvalue weighted by atomic mass is 10.0. The highest BCUT2D eigenvalue weighted by Gasteiger charge is 2.09. The van der Waals surface area contributed by atoms with Crippen LogP contribution in [-0.4, -0.2) is 35.5 Å². The van der Waals surface area contributed by atoms with Crippen LogP contribution in [0, 0.1) is 0 Å². The van der Waals surface area contributed by atoms with Gasteiger partial charge in [0.2, 0.25) is 0 Å². The quantitative estimate of drug-likeness (QED) is 0.463. The zero-order valence-electron chi connectivity index (χ0n) is 11.6. The molecule has 0 fully saturated rings. The third kappa shape index (κ3) is 10.7. The lowest BCUT2D eigenvalue weighted by Gasteiger charge is -2.20. The predicted molar refractivity (Wildman–Crippen MR) is 73.2 cm³/mol. The second-order valence-electron chi connectivity index (χ2n) is 4.93. The maximum atomic E-state index is 9.34. The van der Waals surface area contributed by atoms with Gasteiger partial charge in [-0.25, -0.2) is 0 Å². The van der Waals surface area contributed by atoms with E-state index in [1.54, 1.807) is 0 Å². The van der Waals surface area contributed by atoms with E-state index in [-0.39, 0.29) is 6.61 Å². The van der Waals surface area contributed by atoms with Crippen LogP contribution in [0.4, 0.5) is 0 Å². The van der Waals surface area contributed by atoms with Crippen LogP contribution in [-0.2, 0) is 0 Å². The zero-order chi connectivity index (χ0) is 12.9. The summed E-state index contributed by atoms with van der Waals surface area (Å²) in [5.74, 6) is 0. The summed E-state index contributed by atoms with van der Waals surface area (Å²) in [4.78, 5) is 0. The molecule has 0 heterocycles. The highest BCUT2D eigenvalue weighted by Crippen LogP contribution is 2.11. The van der Waals surface area contributed by atoms with Crippen LogP contribution in [0.15, 0.2) is 0 Å². The summed E-state index contributed by atoms with van der Waals surface area (Å²) in [6.45, 7) is 4.80. The van der Waals surface area contributed by atoms with Gasteiger partial charge in [0.1, 0.15) is 0 Å². The molecule has 0 aromatic heterocycles. The van der Waals surface area contributed by atoms with Crippen molar-refractivity contribution in [3.05, 3.63) is 0 Å². The summed E-state index contributed by atoms with van der Waals surface area (Å²) >= 11 is 0. The minimum Gasteiger partial charge on any atom is -0.394 e. The first-order valence-electron chi connectivity index (χ1n) is 7.26. The number of aliphatic hydroxyl groups is 2. The van der Waals surface area contributed by atoms with Crippen molar-refractivity contribution in [1.29, 1.82) is 0 Å². The van der Waals surface area contributed by atoms with Gasteiger partial charge >= 0.3 is 0 Å². The maximum absolute atomic E-state index is 9.34. The summed E-state index contributed by atoms with van der Waals surface area (Å²) < 4.78 is 0. The molecule has 0 aliphatic heterocycles. The van der Waals surface area contributed by atoms with Gasteiger partial charge in [0.15, 0.2) is 0 Å². The Morgan fingerprint density at radius 3 is 1.88 bits per heavy atom. The van der Waals surface area contributed by atoms with Gasteiger partial charge in [-0.3, -0.25) is 0 Å². The Hall–Kier alpha value is -0.120. The molecule has 3 heteroatoms. The number of unbranched alkanes of at least 4 members (excludes halogenated alkanes) is 4. The van der Waals surface area contributed by atoms with E-state index in [1.807, 2.05) is 0 Å². The van der Waals surface area contributed by atoms with Gasteiger partial charge in [0.25, 0.3) is 0 Å². The van der Waals surface area contributed by atoms with Gasteiger partial charge in [-0.15, -0.1) is 0 Å². The minimum absolute atomic E-state index is 0.149. The molecule has 0 saturated carbocycles. The fourth-order valence-electron chi connectivity index (χ4n) is 2.00. The van der Waals surface area contributed by atoms with Crippen molar-refractivity contribution in [2.45, 2.75) is 77.4 Å².